The van der Waals surface area contributed by atoms with E-state index in [1.54, 1.807) is 7.05 Å². The van der Waals surface area contributed by atoms with Crippen LogP contribution < -0.4 is 15.5 Å². The molecule has 0 unspecified atom stereocenters. The van der Waals surface area contributed by atoms with E-state index in [9.17, 15) is 4.79 Å². The Labute approximate surface area is 155 Å². The fourth-order valence-electron chi connectivity index (χ4n) is 4.06. The van der Waals surface area contributed by atoms with E-state index in [1.165, 1.54) is 12.8 Å². The first-order chi connectivity index (χ1) is 12.5. The molecule has 1 saturated carbocycles. The standard InChI is InChI=1S/C19H31N5O2/c1-13-14(2)22-16(18(25)20-3)23-17(13)24-10-7-15(11-24)21-12-19(26-4)8-5-6-9-19/h15,21H,5-12H2,1-4H3,(H,20,25)/t15-/m1/s1. The highest BCUT2D eigenvalue weighted by molar-refractivity contribution is 5.90. The topological polar surface area (TPSA) is 79.4 Å². The van der Waals surface area contributed by atoms with Gasteiger partial charge < -0.3 is 20.3 Å². The lowest BCUT2D eigenvalue weighted by atomic mass is 10.0. The van der Waals surface area contributed by atoms with Crippen LogP contribution in [0.25, 0.3) is 0 Å². The van der Waals surface area contributed by atoms with Gasteiger partial charge in [0.1, 0.15) is 5.82 Å². The molecule has 1 atom stereocenters. The summed E-state index contributed by atoms with van der Waals surface area (Å²) in [6.07, 6.45) is 5.87. The zero-order chi connectivity index (χ0) is 18.7. The zero-order valence-corrected chi connectivity index (χ0v) is 16.4. The average Bonchev–Trinajstić information content (AvgIpc) is 3.31. The molecule has 0 bridgehead atoms. The minimum Gasteiger partial charge on any atom is -0.377 e. The molecule has 3 rings (SSSR count). The predicted octanol–water partition coefficient (Wildman–Crippen LogP) is 1.58. The highest BCUT2D eigenvalue weighted by Gasteiger charge is 2.35. The van der Waals surface area contributed by atoms with Crippen LogP contribution in [-0.4, -0.2) is 61.3 Å². The van der Waals surface area contributed by atoms with Crippen molar-refractivity contribution in [3.8, 4) is 0 Å². The first kappa shape index (κ1) is 19.0. The van der Waals surface area contributed by atoms with Crippen molar-refractivity contribution < 1.29 is 9.53 Å². The average molecular weight is 361 g/mol. The maximum absolute atomic E-state index is 11.9. The van der Waals surface area contributed by atoms with Gasteiger partial charge in [0, 0.05) is 51.1 Å². The molecule has 1 aliphatic heterocycles. The molecule has 7 heteroatoms. The van der Waals surface area contributed by atoms with Crippen LogP contribution in [-0.2, 0) is 4.74 Å². The van der Waals surface area contributed by atoms with Crippen LogP contribution in [0.3, 0.4) is 0 Å². The Bertz CT molecular complexity index is 658. The van der Waals surface area contributed by atoms with Crippen LogP contribution >= 0.6 is 0 Å². The lowest BCUT2D eigenvalue weighted by molar-refractivity contribution is -0.00480. The number of hydrogen-bond donors (Lipinski definition) is 2. The van der Waals surface area contributed by atoms with E-state index in [2.05, 4.69) is 25.5 Å². The maximum Gasteiger partial charge on any atom is 0.288 e. The van der Waals surface area contributed by atoms with Gasteiger partial charge in [0.2, 0.25) is 5.82 Å². The van der Waals surface area contributed by atoms with Gasteiger partial charge in [0.05, 0.1) is 5.60 Å². The number of ether oxygens (including phenoxy) is 1. The fourth-order valence-corrected chi connectivity index (χ4v) is 4.06. The number of carbonyl (C=O) groups excluding carboxylic acids is 1. The Morgan fingerprint density at radius 3 is 2.69 bits per heavy atom. The largest absolute Gasteiger partial charge is 0.377 e. The summed E-state index contributed by atoms with van der Waals surface area (Å²) >= 11 is 0. The molecule has 0 aromatic carbocycles. The number of nitrogens with zero attached hydrogens (tertiary/aromatic N) is 3. The second-order valence-corrected chi connectivity index (χ2v) is 7.57. The van der Waals surface area contributed by atoms with Gasteiger partial charge in [0.25, 0.3) is 5.91 Å². The Morgan fingerprint density at radius 2 is 2.04 bits per heavy atom. The van der Waals surface area contributed by atoms with E-state index in [0.717, 1.165) is 56.0 Å². The molecule has 1 aromatic rings. The molecule has 144 valence electrons. The van der Waals surface area contributed by atoms with E-state index < -0.39 is 0 Å². The summed E-state index contributed by atoms with van der Waals surface area (Å²) in [5.74, 6) is 0.875. The molecular formula is C19H31N5O2. The van der Waals surface area contributed by atoms with Gasteiger partial charge in [-0.1, -0.05) is 12.8 Å². The van der Waals surface area contributed by atoms with E-state index in [0.29, 0.717) is 6.04 Å². The molecule has 0 radical (unpaired) electrons. The van der Waals surface area contributed by atoms with Gasteiger partial charge in [-0.15, -0.1) is 0 Å². The minimum atomic E-state index is -0.244. The lowest BCUT2D eigenvalue weighted by Gasteiger charge is -2.29. The molecule has 1 aliphatic carbocycles. The van der Waals surface area contributed by atoms with Gasteiger partial charge in [-0.2, -0.15) is 0 Å². The quantitative estimate of drug-likeness (QED) is 0.801. The lowest BCUT2D eigenvalue weighted by Crippen LogP contribution is -2.45. The van der Waals surface area contributed by atoms with Crippen LogP contribution in [0.1, 0.15) is 54.0 Å². The van der Waals surface area contributed by atoms with Crippen LogP contribution in [0.4, 0.5) is 5.82 Å². The van der Waals surface area contributed by atoms with Crippen LogP contribution in [0.5, 0.6) is 0 Å². The summed E-state index contributed by atoms with van der Waals surface area (Å²) in [5.41, 5.74) is 1.91. The first-order valence-corrected chi connectivity index (χ1v) is 9.59. The number of methoxy groups -OCH3 is 1. The van der Waals surface area contributed by atoms with Crippen molar-refractivity contribution in [3.63, 3.8) is 0 Å². The number of hydrogen-bond acceptors (Lipinski definition) is 6. The van der Waals surface area contributed by atoms with Crippen LogP contribution in [0.2, 0.25) is 0 Å². The molecular weight excluding hydrogens is 330 g/mol. The van der Waals surface area contributed by atoms with Crippen LogP contribution in [0.15, 0.2) is 0 Å². The summed E-state index contributed by atoms with van der Waals surface area (Å²) in [6.45, 7) is 6.69. The third kappa shape index (κ3) is 3.83. The number of anilines is 1. The van der Waals surface area contributed by atoms with E-state index in [1.807, 2.05) is 21.0 Å². The van der Waals surface area contributed by atoms with Crippen molar-refractivity contribution >= 4 is 11.7 Å². The number of aromatic nitrogens is 2. The molecule has 26 heavy (non-hydrogen) atoms. The van der Waals surface area contributed by atoms with Crippen molar-refractivity contribution in [1.29, 1.82) is 0 Å². The van der Waals surface area contributed by atoms with Gasteiger partial charge in [-0.05, 0) is 33.1 Å². The molecule has 1 saturated heterocycles. The molecule has 2 aliphatic rings. The number of aryl methyl sites for hydroxylation is 1. The fraction of sp³-hybridized carbons (Fsp3) is 0.737. The van der Waals surface area contributed by atoms with Gasteiger partial charge in [-0.3, -0.25) is 4.79 Å². The molecule has 7 nitrogen and oxygen atoms in total. The van der Waals surface area contributed by atoms with Crippen molar-refractivity contribution in [1.82, 2.24) is 20.6 Å². The van der Waals surface area contributed by atoms with Gasteiger partial charge in [0.15, 0.2) is 0 Å². The highest BCUT2D eigenvalue weighted by Crippen LogP contribution is 2.32. The van der Waals surface area contributed by atoms with E-state index in [-0.39, 0.29) is 17.3 Å². The Kier molecular flexibility index (Phi) is 5.77. The Balaban J connectivity index is 1.67. The zero-order valence-electron chi connectivity index (χ0n) is 16.4. The summed E-state index contributed by atoms with van der Waals surface area (Å²) < 4.78 is 5.82. The molecule has 2 heterocycles. The Morgan fingerprint density at radius 1 is 1.31 bits per heavy atom. The van der Waals surface area contributed by atoms with Gasteiger partial charge in [-0.25, -0.2) is 9.97 Å². The van der Waals surface area contributed by atoms with Crippen molar-refractivity contribution in [2.24, 2.45) is 0 Å². The summed E-state index contributed by atoms with van der Waals surface area (Å²) in [7, 11) is 3.44. The summed E-state index contributed by atoms with van der Waals surface area (Å²) in [6, 6.07) is 0.417. The third-order valence-electron chi connectivity index (χ3n) is 5.94. The summed E-state index contributed by atoms with van der Waals surface area (Å²) in [4.78, 5) is 23.1. The molecule has 0 spiro atoms. The van der Waals surface area contributed by atoms with Crippen molar-refractivity contribution in [3.05, 3.63) is 17.1 Å². The minimum absolute atomic E-state index is 0.0151. The van der Waals surface area contributed by atoms with Crippen molar-refractivity contribution in [2.75, 3.05) is 38.7 Å². The van der Waals surface area contributed by atoms with E-state index in [4.69, 9.17) is 4.74 Å². The number of rotatable bonds is 6. The normalized spacial score (nSPS) is 22.0. The maximum atomic E-state index is 11.9. The number of amides is 1. The SMILES string of the molecule is CNC(=O)c1nc(C)c(C)c(N2CC[C@@H](NCC3(OC)CCCC3)C2)n1. The predicted molar refractivity (Wildman–Crippen MR) is 102 cm³/mol. The first-order valence-electron chi connectivity index (χ1n) is 9.59. The number of carbonyl (C=O) groups is 1. The second kappa shape index (κ2) is 7.88. The van der Waals surface area contributed by atoms with Crippen LogP contribution in [0, 0.1) is 13.8 Å². The second-order valence-electron chi connectivity index (χ2n) is 7.57. The van der Waals surface area contributed by atoms with Crippen molar-refractivity contribution in [2.45, 2.75) is 57.6 Å². The Hall–Kier alpha value is -1.73. The number of nitrogens with one attached hydrogen (secondary N) is 2. The summed E-state index contributed by atoms with van der Waals surface area (Å²) in [5, 5.41) is 6.32. The van der Waals surface area contributed by atoms with Gasteiger partial charge >= 0.3 is 0 Å². The molecule has 2 fully saturated rings. The monoisotopic (exact) mass is 361 g/mol. The molecule has 1 aromatic heterocycles. The highest BCUT2D eigenvalue weighted by atomic mass is 16.5. The smallest absolute Gasteiger partial charge is 0.288 e. The molecule has 2 N–H and O–H groups in total. The molecule has 1 amide bonds. The third-order valence-corrected chi connectivity index (χ3v) is 5.94. The van der Waals surface area contributed by atoms with E-state index >= 15 is 0 Å².